The highest BCUT2D eigenvalue weighted by Crippen LogP contribution is 2.29. The van der Waals surface area contributed by atoms with Crippen LogP contribution in [0.1, 0.15) is 18.1 Å². The van der Waals surface area contributed by atoms with Gasteiger partial charge in [-0.25, -0.2) is 0 Å². The summed E-state index contributed by atoms with van der Waals surface area (Å²) in [5.74, 6) is 0. The van der Waals surface area contributed by atoms with E-state index in [1.165, 1.54) is 0 Å². The predicted octanol–water partition coefficient (Wildman–Crippen LogP) is 2.73. The highest BCUT2D eigenvalue weighted by molar-refractivity contribution is 6.32. The van der Waals surface area contributed by atoms with Gasteiger partial charge in [0.25, 0.3) is 0 Å². The van der Waals surface area contributed by atoms with Gasteiger partial charge in [-0.2, -0.15) is 10.4 Å². The molecule has 0 bridgehead atoms. The molecule has 2 rings (SSSR count). The molecule has 0 aliphatic heterocycles. The second kappa shape index (κ2) is 5.43. The van der Waals surface area contributed by atoms with E-state index < -0.39 is 0 Å². The van der Waals surface area contributed by atoms with Crippen molar-refractivity contribution < 1.29 is 0 Å². The summed E-state index contributed by atoms with van der Waals surface area (Å²) in [7, 11) is 0. The Kier molecular flexibility index (Phi) is 3.89. The predicted molar refractivity (Wildman–Crippen MR) is 75.8 cm³/mol. The minimum atomic E-state index is 0.0541. The van der Waals surface area contributed by atoms with Crippen molar-refractivity contribution in [2.75, 3.05) is 0 Å². The number of benzene rings is 1. The third kappa shape index (κ3) is 2.78. The van der Waals surface area contributed by atoms with Crippen LogP contribution >= 0.6 is 11.6 Å². The molecule has 0 amide bonds. The lowest BCUT2D eigenvalue weighted by Gasteiger charge is -2.07. The Labute approximate surface area is 117 Å². The molecule has 2 aromatic rings. The maximum Gasteiger partial charge on any atom is 0.101 e. The quantitative estimate of drug-likeness (QED) is 0.936. The first kappa shape index (κ1) is 13.6. The highest BCUT2D eigenvalue weighted by atomic mass is 35.5. The summed E-state index contributed by atoms with van der Waals surface area (Å²) in [6.07, 6.45) is 1.89. The van der Waals surface area contributed by atoms with Crippen molar-refractivity contribution >= 4 is 11.6 Å². The van der Waals surface area contributed by atoms with Crippen molar-refractivity contribution in [2.45, 2.75) is 26.4 Å². The molecule has 1 heterocycles. The minimum Gasteiger partial charge on any atom is -0.326 e. The lowest BCUT2D eigenvalue weighted by molar-refractivity contribution is 0.540. The maximum atomic E-state index is 8.94. The van der Waals surface area contributed by atoms with Crippen LogP contribution in [0.2, 0.25) is 5.02 Å². The lowest BCUT2D eigenvalue weighted by atomic mass is 10.0. The molecule has 0 unspecified atom stereocenters. The molecule has 1 aromatic carbocycles. The van der Waals surface area contributed by atoms with E-state index >= 15 is 0 Å². The molecule has 0 aliphatic carbocycles. The Hall–Kier alpha value is -1.83. The molecule has 0 spiro atoms. The smallest absolute Gasteiger partial charge is 0.101 e. The fraction of sp³-hybridized carbons (Fsp3) is 0.286. The second-order valence-electron chi connectivity index (χ2n) is 4.61. The van der Waals surface area contributed by atoms with Gasteiger partial charge in [-0.1, -0.05) is 17.7 Å². The summed E-state index contributed by atoms with van der Waals surface area (Å²) in [5.41, 5.74) is 8.87. The first-order chi connectivity index (χ1) is 9.02. The van der Waals surface area contributed by atoms with Gasteiger partial charge in [-0.3, -0.25) is 4.68 Å². The highest BCUT2D eigenvalue weighted by Gasteiger charge is 2.11. The van der Waals surface area contributed by atoms with Crippen LogP contribution in [0.4, 0.5) is 0 Å². The Morgan fingerprint density at radius 3 is 2.84 bits per heavy atom. The van der Waals surface area contributed by atoms with Crippen molar-refractivity contribution in [3.63, 3.8) is 0 Å². The molecule has 0 fully saturated rings. The van der Waals surface area contributed by atoms with Crippen molar-refractivity contribution in [2.24, 2.45) is 5.73 Å². The van der Waals surface area contributed by atoms with Crippen LogP contribution in [-0.2, 0) is 6.54 Å². The van der Waals surface area contributed by atoms with E-state index in [-0.39, 0.29) is 6.04 Å². The fourth-order valence-corrected chi connectivity index (χ4v) is 2.16. The van der Waals surface area contributed by atoms with E-state index in [0.29, 0.717) is 17.1 Å². The normalized spacial score (nSPS) is 12.2. The van der Waals surface area contributed by atoms with Crippen LogP contribution in [0.3, 0.4) is 0 Å². The number of hydrogen-bond acceptors (Lipinski definition) is 3. The molecule has 98 valence electrons. The number of aromatic nitrogens is 2. The summed E-state index contributed by atoms with van der Waals surface area (Å²) in [6.45, 7) is 4.50. The first-order valence-electron chi connectivity index (χ1n) is 6.01. The van der Waals surface area contributed by atoms with E-state index in [2.05, 4.69) is 11.2 Å². The molecule has 0 aliphatic rings. The first-order valence-corrected chi connectivity index (χ1v) is 6.39. The van der Waals surface area contributed by atoms with Gasteiger partial charge in [0.05, 0.1) is 22.8 Å². The maximum absolute atomic E-state index is 8.94. The average Bonchev–Trinajstić information content (AvgIpc) is 2.80. The summed E-state index contributed by atoms with van der Waals surface area (Å²) < 4.78 is 1.81. The molecular formula is C14H15ClN4. The zero-order valence-electron chi connectivity index (χ0n) is 10.9. The summed E-state index contributed by atoms with van der Waals surface area (Å²) in [4.78, 5) is 0. The van der Waals surface area contributed by atoms with Gasteiger partial charge in [-0.15, -0.1) is 0 Å². The van der Waals surface area contributed by atoms with Crippen molar-refractivity contribution in [3.8, 4) is 17.3 Å². The Morgan fingerprint density at radius 1 is 1.47 bits per heavy atom. The number of rotatable bonds is 3. The zero-order valence-corrected chi connectivity index (χ0v) is 11.6. The van der Waals surface area contributed by atoms with E-state index in [0.717, 1.165) is 16.8 Å². The van der Waals surface area contributed by atoms with Gasteiger partial charge >= 0.3 is 0 Å². The molecule has 5 heteroatoms. The van der Waals surface area contributed by atoms with Gasteiger partial charge in [0, 0.05) is 17.8 Å². The van der Waals surface area contributed by atoms with Gasteiger partial charge in [0.2, 0.25) is 0 Å². The molecule has 4 nitrogen and oxygen atoms in total. The van der Waals surface area contributed by atoms with Gasteiger partial charge in [0.1, 0.15) is 6.07 Å². The SMILES string of the molecule is Cc1c(-c2ccn(C[C@@H](C)N)n2)ccc(C#N)c1Cl. The number of nitrogens with two attached hydrogens (primary N) is 1. The van der Waals surface area contributed by atoms with Crippen LogP contribution < -0.4 is 5.73 Å². The minimum absolute atomic E-state index is 0.0541. The molecule has 0 saturated heterocycles. The average molecular weight is 275 g/mol. The number of nitrogens with zero attached hydrogens (tertiary/aromatic N) is 3. The zero-order chi connectivity index (χ0) is 14.0. The largest absolute Gasteiger partial charge is 0.326 e. The topological polar surface area (TPSA) is 67.6 Å². The second-order valence-corrected chi connectivity index (χ2v) is 4.99. The van der Waals surface area contributed by atoms with Crippen LogP contribution in [0.5, 0.6) is 0 Å². The Balaban J connectivity index is 2.40. The van der Waals surface area contributed by atoms with Crippen LogP contribution in [-0.4, -0.2) is 15.8 Å². The summed E-state index contributed by atoms with van der Waals surface area (Å²) in [6, 6.07) is 7.64. The van der Waals surface area contributed by atoms with Crippen molar-refractivity contribution in [1.29, 1.82) is 5.26 Å². The van der Waals surface area contributed by atoms with Crippen molar-refractivity contribution in [3.05, 3.63) is 40.5 Å². The van der Waals surface area contributed by atoms with Crippen molar-refractivity contribution in [1.82, 2.24) is 9.78 Å². The van der Waals surface area contributed by atoms with E-state index in [4.69, 9.17) is 22.6 Å². The fourth-order valence-electron chi connectivity index (χ4n) is 1.95. The standard InChI is InChI=1S/C14H15ClN4/c1-9(17)8-19-6-5-13(18-19)12-4-3-11(7-16)14(15)10(12)2/h3-6,9H,8,17H2,1-2H3/t9-/m1/s1. The van der Waals surface area contributed by atoms with E-state index in [1.54, 1.807) is 6.07 Å². The molecule has 1 atom stereocenters. The molecule has 0 saturated carbocycles. The van der Waals surface area contributed by atoms with E-state index in [1.807, 2.05) is 36.9 Å². The van der Waals surface area contributed by atoms with Gasteiger partial charge in [-0.05, 0) is 31.5 Å². The molecular weight excluding hydrogens is 260 g/mol. The Bertz CT molecular complexity index is 637. The molecule has 1 aromatic heterocycles. The molecule has 19 heavy (non-hydrogen) atoms. The van der Waals surface area contributed by atoms with E-state index in [9.17, 15) is 0 Å². The Morgan fingerprint density at radius 2 is 2.21 bits per heavy atom. The monoisotopic (exact) mass is 274 g/mol. The third-order valence-corrected chi connectivity index (χ3v) is 3.39. The molecule has 0 radical (unpaired) electrons. The lowest BCUT2D eigenvalue weighted by Crippen LogP contribution is -2.22. The third-order valence-electron chi connectivity index (χ3n) is 2.90. The number of hydrogen-bond donors (Lipinski definition) is 1. The van der Waals surface area contributed by atoms with Crippen LogP contribution in [0.25, 0.3) is 11.3 Å². The van der Waals surface area contributed by atoms with Gasteiger partial charge < -0.3 is 5.73 Å². The van der Waals surface area contributed by atoms with Gasteiger partial charge in [0.15, 0.2) is 0 Å². The number of halogens is 1. The van der Waals surface area contributed by atoms with Crippen LogP contribution in [0, 0.1) is 18.3 Å². The summed E-state index contributed by atoms with van der Waals surface area (Å²) in [5, 5.41) is 13.9. The number of nitriles is 1. The summed E-state index contributed by atoms with van der Waals surface area (Å²) >= 11 is 6.16. The van der Waals surface area contributed by atoms with Crippen LogP contribution in [0.15, 0.2) is 24.4 Å². The molecule has 2 N–H and O–H groups in total.